The van der Waals surface area contributed by atoms with Crippen molar-refractivity contribution in [3.63, 3.8) is 0 Å². The molecule has 1 aliphatic heterocycles. The molecule has 1 aliphatic rings. The van der Waals surface area contributed by atoms with E-state index in [4.69, 9.17) is 9.15 Å². The summed E-state index contributed by atoms with van der Waals surface area (Å²) in [6.07, 6.45) is 1.71. The molecule has 2 heterocycles. The monoisotopic (exact) mass is 434 g/mol. The van der Waals surface area contributed by atoms with E-state index < -0.39 is 0 Å². The molecule has 6 heteroatoms. The number of rotatable bonds is 7. The van der Waals surface area contributed by atoms with Crippen molar-refractivity contribution in [2.24, 2.45) is 5.92 Å². The fourth-order valence-corrected chi connectivity index (χ4v) is 4.18. The predicted molar refractivity (Wildman–Crippen MR) is 123 cm³/mol. The van der Waals surface area contributed by atoms with Crippen LogP contribution < -0.4 is 4.74 Å². The van der Waals surface area contributed by atoms with Crippen molar-refractivity contribution in [1.29, 1.82) is 0 Å². The van der Waals surface area contributed by atoms with Gasteiger partial charge in [-0.15, -0.1) is 0 Å². The first-order valence-corrected chi connectivity index (χ1v) is 11.2. The van der Waals surface area contributed by atoms with E-state index in [2.05, 4.69) is 0 Å². The summed E-state index contributed by atoms with van der Waals surface area (Å²) in [5, 5.41) is 1.04. The van der Waals surface area contributed by atoms with Gasteiger partial charge in [0.2, 0.25) is 11.8 Å². The fourth-order valence-electron chi connectivity index (χ4n) is 4.18. The second kappa shape index (κ2) is 9.90. The maximum Gasteiger partial charge on any atom is 0.226 e. The van der Waals surface area contributed by atoms with E-state index in [1.165, 1.54) is 0 Å². The van der Waals surface area contributed by atoms with Crippen LogP contribution in [0.5, 0.6) is 5.75 Å². The summed E-state index contributed by atoms with van der Waals surface area (Å²) in [7, 11) is 1.83. The number of fused-ring (bicyclic) bond motifs is 1. The highest BCUT2D eigenvalue weighted by molar-refractivity contribution is 5.81. The Morgan fingerprint density at radius 1 is 1.09 bits per heavy atom. The molecule has 2 amide bonds. The highest BCUT2D eigenvalue weighted by atomic mass is 16.5. The normalized spacial score (nSPS) is 15.5. The molecule has 0 spiro atoms. The Hall–Kier alpha value is -3.28. The molecule has 1 fully saturated rings. The van der Waals surface area contributed by atoms with E-state index in [9.17, 15) is 9.59 Å². The third kappa shape index (κ3) is 4.96. The molecule has 4 rings (SSSR count). The van der Waals surface area contributed by atoms with Crippen molar-refractivity contribution in [2.75, 3.05) is 26.7 Å². The lowest BCUT2D eigenvalue weighted by molar-refractivity contribution is -0.141. The summed E-state index contributed by atoms with van der Waals surface area (Å²) >= 11 is 0. The molecule has 0 radical (unpaired) electrons. The number of carbonyl (C=O) groups excluding carboxylic acids is 2. The largest absolute Gasteiger partial charge is 0.493 e. The SMILES string of the molecule is CC(c1cc2ccccc2o1)N(C)C(=O)C1CCN(C(=O)CCOc2ccccc2)CC1. The molecular formula is C26H30N2O4. The molecule has 1 atom stereocenters. The van der Waals surface area contributed by atoms with Crippen LogP contribution in [0.25, 0.3) is 11.0 Å². The van der Waals surface area contributed by atoms with E-state index in [0.29, 0.717) is 39.0 Å². The summed E-state index contributed by atoms with van der Waals surface area (Å²) in [4.78, 5) is 29.2. The van der Waals surface area contributed by atoms with Gasteiger partial charge >= 0.3 is 0 Å². The second-order valence-electron chi connectivity index (χ2n) is 8.38. The molecule has 168 valence electrons. The Kier molecular flexibility index (Phi) is 6.78. The topological polar surface area (TPSA) is 63.0 Å². The van der Waals surface area contributed by atoms with Crippen molar-refractivity contribution in [3.8, 4) is 5.75 Å². The van der Waals surface area contributed by atoms with Gasteiger partial charge in [-0.3, -0.25) is 9.59 Å². The molecule has 3 aromatic rings. The highest BCUT2D eigenvalue weighted by Crippen LogP contribution is 2.29. The lowest BCUT2D eigenvalue weighted by Crippen LogP contribution is -2.44. The van der Waals surface area contributed by atoms with Crippen LogP contribution in [0.4, 0.5) is 0 Å². The summed E-state index contributed by atoms with van der Waals surface area (Å²) < 4.78 is 11.6. The zero-order chi connectivity index (χ0) is 22.5. The number of amides is 2. The van der Waals surface area contributed by atoms with Crippen LogP contribution in [0.1, 0.15) is 38.0 Å². The van der Waals surface area contributed by atoms with Crippen LogP contribution in [0.3, 0.4) is 0 Å². The number of carbonyl (C=O) groups is 2. The second-order valence-corrected chi connectivity index (χ2v) is 8.38. The Labute approximate surface area is 188 Å². The van der Waals surface area contributed by atoms with E-state index in [0.717, 1.165) is 22.5 Å². The van der Waals surface area contributed by atoms with Crippen LogP contribution in [0.15, 0.2) is 65.1 Å². The standard InChI is InChI=1S/C26H30N2O4/c1-19(24-18-21-8-6-7-11-23(21)32-24)27(2)26(30)20-12-15-28(16-13-20)25(29)14-17-31-22-9-4-3-5-10-22/h3-11,18-20H,12-17H2,1-2H3. The average molecular weight is 435 g/mol. The van der Waals surface area contributed by atoms with Crippen molar-refractivity contribution in [3.05, 3.63) is 66.4 Å². The quantitative estimate of drug-likeness (QED) is 0.543. The molecule has 1 unspecified atom stereocenters. The first kappa shape index (κ1) is 21.9. The Morgan fingerprint density at radius 2 is 1.78 bits per heavy atom. The summed E-state index contributed by atoms with van der Waals surface area (Å²) in [5.74, 6) is 1.67. The minimum absolute atomic E-state index is 0.0727. The number of likely N-dealkylation sites (tertiary alicyclic amines) is 1. The molecule has 6 nitrogen and oxygen atoms in total. The van der Waals surface area contributed by atoms with Gasteiger partial charge in [-0.2, -0.15) is 0 Å². The first-order chi connectivity index (χ1) is 15.5. The molecule has 1 aromatic heterocycles. The van der Waals surface area contributed by atoms with Gasteiger partial charge in [-0.05, 0) is 44.0 Å². The molecular weight excluding hydrogens is 404 g/mol. The van der Waals surface area contributed by atoms with E-state index in [1.54, 1.807) is 4.90 Å². The van der Waals surface area contributed by atoms with E-state index in [1.807, 2.05) is 79.5 Å². The number of para-hydroxylation sites is 2. The van der Waals surface area contributed by atoms with Crippen LogP contribution in [-0.4, -0.2) is 48.4 Å². The number of hydrogen-bond donors (Lipinski definition) is 0. The van der Waals surface area contributed by atoms with Gasteiger partial charge in [0.25, 0.3) is 0 Å². The third-order valence-corrected chi connectivity index (χ3v) is 6.31. The van der Waals surface area contributed by atoms with Gasteiger partial charge in [0.1, 0.15) is 17.1 Å². The average Bonchev–Trinajstić information content (AvgIpc) is 3.28. The lowest BCUT2D eigenvalue weighted by Gasteiger charge is -2.34. The Bertz CT molecular complexity index is 1020. The highest BCUT2D eigenvalue weighted by Gasteiger charge is 2.31. The fraction of sp³-hybridized carbons (Fsp3) is 0.385. The predicted octanol–water partition coefficient (Wildman–Crippen LogP) is 4.66. The third-order valence-electron chi connectivity index (χ3n) is 6.31. The Morgan fingerprint density at radius 3 is 2.50 bits per heavy atom. The molecule has 0 aliphatic carbocycles. The molecule has 2 aromatic carbocycles. The number of furan rings is 1. The molecule has 0 bridgehead atoms. The van der Waals surface area contributed by atoms with Crippen molar-refractivity contribution >= 4 is 22.8 Å². The number of piperidine rings is 1. The van der Waals surface area contributed by atoms with Crippen molar-refractivity contribution in [2.45, 2.75) is 32.2 Å². The smallest absolute Gasteiger partial charge is 0.226 e. The number of ether oxygens (including phenoxy) is 1. The van der Waals surface area contributed by atoms with Gasteiger partial charge in [-0.1, -0.05) is 36.4 Å². The van der Waals surface area contributed by atoms with Crippen molar-refractivity contribution in [1.82, 2.24) is 9.80 Å². The van der Waals surface area contributed by atoms with Crippen LogP contribution in [-0.2, 0) is 9.59 Å². The number of nitrogens with zero attached hydrogens (tertiary/aromatic N) is 2. The lowest BCUT2D eigenvalue weighted by atomic mass is 9.94. The zero-order valence-corrected chi connectivity index (χ0v) is 18.7. The van der Waals surface area contributed by atoms with Crippen LogP contribution in [0, 0.1) is 5.92 Å². The van der Waals surface area contributed by atoms with Crippen molar-refractivity contribution < 1.29 is 18.7 Å². The molecule has 32 heavy (non-hydrogen) atoms. The summed E-state index contributed by atoms with van der Waals surface area (Å²) in [6, 6.07) is 19.2. The van der Waals surface area contributed by atoms with Gasteiger partial charge < -0.3 is 19.0 Å². The van der Waals surface area contributed by atoms with Gasteiger partial charge in [0.15, 0.2) is 0 Å². The van der Waals surface area contributed by atoms with Gasteiger partial charge in [-0.25, -0.2) is 0 Å². The van der Waals surface area contributed by atoms with E-state index >= 15 is 0 Å². The molecule has 0 saturated carbocycles. The summed E-state index contributed by atoms with van der Waals surface area (Å²) in [5.41, 5.74) is 0.832. The summed E-state index contributed by atoms with van der Waals surface area (Å²) in [6.45, 7) is 3.56. The molecule has 0 N–H and O–H groups in total. The molecule has 1 saturated heterocycles. The van der Waals surface area contributed by atoms with Gasteiger partial charge in [0, 0.05) is 31.4 Å². The Balaban J connectivity index is 1.25. The maximum absolute atomic E-state index is 13.1. The van der Waals surface area contributed by atoms with Crippen LogP contribution in [0.2, 0.25) is 0 Å². The minimum atomic E-state index is -0.148. The minimum Gasteiger partial charge on any atom is -0.493 e. The number of hydrogen-bond acceptors (Lipinski definition) is 4. The maximum atomic E-state index is 13.1. The zero-order valence-electron chi connectivity index (χ0n) is 18.7. The number of benzene rings is 2. The van der Waals surface area contributed by atoms with E-state index in [-0.39, 0.29) is 23.8 Å². The van der Waals surface area contributed by atoms with Crippen LogP contribution >= 0.6 is 0 Å². The van der Waals surface area contributed by atoms with Gasteiger partial charge in [0.05, 0.1) is 19.1 Å². The first-order valence-electron chi connectivity index (χ1n) is 11.2.